The maximum atomic E-state index is 14.0. The topological polar surface area (TPSA) is 193 Å². The van der Waals surface area contributed by atoms with Crippen molar-refractivity contribution >= 4 is 24.0 Å². The standard InChI is InChI=1S/C44H54N8O8/c1-23(57-3)35(49-43(55)59-5)41(53)51-31-17-15-29(19-31)37(51)39-45-21-33(47-39)27-11-7-25(8-12-27)26-9-13-28(14-10-26)34-22-46-40(48-34)38-30-16-18-32(20-30)52(38)42(54)36(24(2)58-4)50-44(56)60-6/h7-14,21-24,29-32,35-38H,15-20H2,1-6H3,(H,45,47)(H,46,48)(H,49,55)(H,50,56)/t23-,24-,29-,30-,31-,32-,35+,36+,37+,38+/m1/s1. The third kappa shape index (κ3) is 7.62. The van der Waals surface area contributed by atoms with Crippen LogP contribution in [0.2, 0.25) is 0 Å². The van der Waals surface area contributed by atoms with Gasteiger partial charge in [-0.05, 0) is 86.5 Å². The third-order valence-electron chi connectivity index (χ3n) is 13.3. The van der Waals surface area contributed by atoms with Gasteiger partial charge in [-0.25, -0.2) is 19.6 Å². The molecule has 318 valence electrons. The first-order valence-electron chi connectivity index (χ1n) is 20.7. The van der Waals surface area contributed by atoms with Crippen LogP contribution in [-0.2, 0) is 28.5 Å². The lowest BCUT2D eigenvalue weighted by Crippen LogP contribution is -2.56. The second-order valence-corrected chi connectivity index (χ2v) is 16.5. The van der Waals surface area contributed by atoms with E-state index < -0.39 is 36.5 Å². The number of benzene rings is 2. The van der Waals surface area contributed by atoms with Crippen LogP contribution < -0.4 is 10.6 Å². The minimum atomic E-state index is -0.893. The Morgan fingerprint density at radius 3 is 1.32 bits per heavy atom. The number of H-pyrrole nitrogens is 2. The highest BCUT2D eigenvalue weighted by Crippen LogP contribution is 2.51. The average Bonchev–Trinajstić information content (AvgIpc) is 4.16. The van der Waals surface area contributed by atoms with E-state index >= 15 is 0 Å². The number of nitrogens with one attached hydrogen (secondary N) is 4. The summed E-state index contributed by atoms with van der Waals surface area (Å²) in [7, 11) is 5.58. The van der Waals surface area contributed by atoms with E-state index in [1.807, 2.05) is 22.2 Å². The zero-order valence-corrected chi connectivity index (χ0v) is 34.8. The van der Waals surface area contributed by atoms with Gasteiger partial charge in [-0.1, -0.05) is 48.5 Å². The molecule has 10 atom stereocenters. The number of hydrogen-bond acceptors (Lipinski definition) is 10. The van der Waals surface area contributed by atoms with E-state index in [9.17, 15) is 19.2 Å². The quantitative estimate of drug-likeness (QED) is 0.129. The Morgan fingerprint density at radius 2 is 0.967 bits per heavy atom. The lowest BCUT2D eigenvalue weighted by atomic mass is 9.96. The molecular formula is C44H54N8O8. The van der Waals surface area contributed by atoms with Gasteiger partial charge in [0.2, 0.25) is 11.8 Å². The third-order valence-corrected chi connectivity index (χ3v) is 13.3. The van der Waals surface area contributed by atoms with Gasteiger partial charge >= 0.3 is 12.2 Å². The Morgan fingerprint density at radius 1 is 0.600 bits per heavy atom. The SMILES string of the molecule is COC(=O)N[C@H](C(=O)N1[C@@H]2CC[C@H](C2)[C@H]1c1ncc(-c2ccc(-c3ccc(-c4cnc([C@@H]5[C@@H]6CC[C@H](C6)N5C(=O)[C@@H](NC(=O)OC)[C@@H](C)OC)[nH]4)cc3)cc2)[nH]1)[C@@H](C)OC. The monoisotopic (exact) mass is 822 g/mol. The second-order valence-electron chi connectivity index (χ2n) is 16.5. The van der Waals surface area contributed by atoms with Crippen LogP contribution in [0.3, 0.4) is 0 Å². The van der Waals surface area contributed by atoms with Crippen LogP contribution >= 0.6 is 0 Å². The molecule has 2 aromatic heterocycles. The van der Waals surface area contributed by atoms with Crippen molar-refractivity contribution in [1.29, 1.82) is 0 Å². The summed E-state index contributed by atoms with van der Waals surface area (Å²) in [6, 6.07) is 14.4. The molecule has 60 heavy (non-hydrogen) atoms. The summed E-state index contributed by atoms with van der Waals surface area (Å²) in [6.07, 6.45) is 6.78. The van der Waals surface area contributed by atoms with E-state index in [1.54, 1.807) is 13.8 Å². The fourth-order valence-electron chi connectivity index (χ4n) is 9.99. The molecule has 2 saturated carbocycles. The van der Waals surface area contributed by atoms with Gasteiger partial charge in [0.1, 0.15) is 23.7 Å². The van der Waals surface area contributed by atoms with Crippen molar-refractivity contribution in [3.63, 3.8) is 0 Å². The summed E-state index contributed by atoms with van der Waals surface area (Å²) in [5, 5.41) is 5.36. The van der Waals surface area contributed by atoms with Crippen molar-refractivity contribution in [2.75, 3.05) is 28.4 Å². The number of imidazole rings is 2. The van der Waals surface area contributed by atoms with Crippen molar-refractivity contribution in [2.24, 2.45) is 11.8 Å². The summed E-state index contributed by atoms with van der Waals surface area (Å²) in [6.45, 7) is 3.52. The van der Waals surface area contributed by atoms with Gasteiger partial charge in [0, 0.05) is 26.3 Å². The Kier molecular flexibility index (Phi) is 11.7. The van der Waals surface area contributed by atoms with Crippen LogP contribution in [0.1, 0.15) is 76.1 Å². The molecular weight excluding hydrogens is 769 g/mol. The fraction of sp³-hybridized carbons (Fsp3) is 0.500. The summed E-state index contributed by atoms with van der Waals surface area (Å²) < 4.78 is 20.6. The fourth-order valence-corrected chi connectivity index (χ4v) is 9.99. The normalized spacial score (nSPS) is 24.8. The molecule has 8 rings (SSSR count). The highest BCUT2D eigenvalue weighted by molar-refractivity contribution is 5.88. The number of carbonyl (C=O) groups excluding carboxylic acids is 4. The van der Waals surface area contributed by atoms with Crippen LogP contribution in [0, 0.1) is 11.8 Å². The van der Waals surface area contributed by atoms with Gasteiger partial charge in [-0.2, -0.15) is 0 Å². The van der Waals surface area contributed by atoms with Gasteiger partial charge in [-0.3, -0.25) is 9.59 Å². The number of methoxy groups -OCH3 is 4. The van der Waals surface area contributed by atoms with Crippen molar-refractivity contribution in [3.8, 4) is 33.6 Å². The first kappa shape index (κ1) is 41.0. The molecule has 0 unspecified atom stereocenters. The number of aromatic nitrogens is 4. The highest BCUT2D eigenvalue weighted by atomic mass is 16.5. The number of amides is 4. The molecule has 2 aliphatic heterocycles. The summed E-state index contributed by atoms with van der Waals surface area (Å²) >= 11 is 0. The van der Waals surface area contributed by atoms with Crippen LogP contribution in [0.4, 0.5) is 9.59 Å². The molecule has 4 fully saturated rings. The number of aromatic amines is 2. The van der Waals surface area contributed by atoms with E-state index in [2.05, 4.69) is 69.1 Å². The second kappa shape index (κ2) is 17.1. The molecule has 0 radical (unpaired) electrons. The summed E-state index contributed by atoms with van der Waals surface area (Å²) in [5.41, 5.74) is 5.74. The molecule has 4 N–H and O–H groups in total. The van der Waals surface area contributed by atoms with E-state index in [4.69, 9.17) is 28.9 Å². The van der Waals surface area contributed by atoms with Crippen LogP contribution in [0.5, 0.6) is 0 Å². The van der Waals surface area contributed by atoms with Gasteiger partial charge < -0.3 is 49.3 Å². The average molecular weight is 823 g/mol. The molecule has 4 heterocycles. The lowest BCUT2D eigenvalue weighted by Gasteiger charge is -2.37. The Balaban J connectivity index is 0.953. The summed E-state index contributed by atoms with van der Waals surface area (Å²) in [4.78, 5) is 72.8. The van der Waals surface area contributed by atoms with E-state index in [0.29, 0.717) is 0 Å². The van der Waals surface area contributed by atoms with Crippen LogP contribution in [-0.4, -0.2) is 119 Å². The van der Waals surface area contributed by atoms with Crippen LogP contribution in [0.25, 0.3) is 33.6 Å². The minimum absolute atomic E-state index is 0.0676. The summed E-state index contributed by atoms with van der Waals surface area (Å²) in [5.74, 6) is 1.59. The number of piperidine rings is 2. The zero-order chi connectivity index (χ0) is 42.2. The maximum Gasteiger partial charge on any atom is 0.407 e. The number of ether oxygens (including phenoxy) is 4. The van der Waals surface area contributed by atoms with E-state index in [-0.39, 0.29) is 47.8 Å². The molecule has 4 amide bonds. The molecule has 4 bridgehead atoms. The predicted molar refractivity (Wildman–Crippen MR) is 220 cm³/mol. The number of hydrogen-bond donors (Lipinski definition) is 4. The number of alkyl carbamates (subject to hydrolysis) is 2. The maximum absolute atomic E-state index is 14.0. The number of carbonyl (C=O) groups is 4. The predicted octanol–water partition coefficient (Wildman–Crippen LogP) is 5.76. The number of likely N-dealkylation sites (tertiary alicyclic amines) is 2. The molecule has 4 aromatic rings. The van der Waals surface area contributed by atoms with E-state index in [1.165, 1.54) is 28.4 Å². The van der Waals surface area contributed by atoms with Gasteiger partial charge in [0.15, 0.2) is 0 Å². The van der Waals surface area contributed by atoms with E-state index in [0.717, 1.165) is 83.8 Å². The Labute approximate surface area is 349 Å². The molecule has 16 nitrogen and oxygen atoms in total. The van der Waals surface area contributed by atoms with Crippen LogP contribution in [0.15, 0.2) is 60.9 Å². The Hall–Kier alpha value is -5.74. The Bertz CT molecular complexity index is 2040. The molecule has 0 spiro atoms. The van der Waals surface area contributed by atoms with Crippen molar-refractivity contribution in [2.45, 2.75) is 101 Å². The molecule has 2 aromatic carbocycles. The lowest BCUT2D eigenvalue weighted by molar-refractivity contribution is -0.142. The highest BCUT2D eigenvalue weighted by Gasteiger charge is 2.53. The van der Waals surface area contributed by atoms with Crippen molar-refractivity contribution < 1.29 is 38.1 Å². The van der Waals surface area contributed by atoms with Gasteiger partial charge in [0.25, 0.3) is 0 Å². The molecule has 2 saturated heterocycles. The largest absolute Gasteiger partial charge is 0.453 e. The number of fused-ring (bicyclic) bond motifs is 4. The van der Waals surface area contributed by atoms with Gasteiger partial charge in [-0.15, -0.1) is 0 Å². The molecule has 4 aliphatic rings. The van der Waals surface area contributed by atoms with Gasteiger partial charge in [0.05, 0.1) is 62.3 Å². The molecule has 2 aliphatic carbocycles. The zero-order valence-electron chi connectivity index (χ0n) is 34.8. The number of nitrogens with zero attached hydrogens (tertiary/aromatic N) is 4. The minimum Gasteiger partial charge on any atom is -0.453 e. The smallest absolute Gasteiger partial charge is 0.407 e. The first-order valence-corrected chi connectivity index (χ1v) is 20.7. The molecule has 16 heteroatoms. The number of rotatable bonds is 13. The first-order chi connectivity index (χ1) is 29.0. The van der Waals surface area contributed by atoms with Crippen molar-refractivity contribution in [1.82, 2.24) is 40.4 Å². The van der Waals surface area contributed by atoms with Crippen molar-refractivity contribution in [3.05, 3.63) is 72.6 Å².